The Hall–Kier alpha value is -1.28. The molecular formula is C16H23NO. The summed E-state index contributed by atoms with van der Waals surface area (Å²) in [5.74, 6) is 1.06. The molecule has 0 amide bonds. The average Bonchev–Trinajstić information content (AvgIpc) is 2.78. The van der Waals surface area contributed by atoms with E-state index in [-0.39, 0.29) is 0 Å². The number of rotatable bonds is 4. The lowest BCUT2D eigenvalue weighted by molar-refractivity contribution is 0.429. The minimum atomic E-state index is 0.321. The zero-order valence-corrected chi connectivity index (χ0v) is 12.1. The molecule has 0 bridgehead atoms. The Morgan fingerprint density at radius 3 is 2.50 bits per heavy atom. The van der Waals surface area contributed by atoms with Gasteiger partial charge in [-0.3, -0.25) is 0 Å². The lowest BCUT2D eigenvalue weighted by Gasteiger charge is -2.11. The van der Waals surface area contributed by atoms with Crippen LogP contribution in [0.15, 0.2) is 16.5 Å². The molecule has 1 aromatic heterocycles. The monoisotopic (exact) mass is 245 g/mol. The van der Waals surface area contributed by atoms with Gasteiger partial charge in [0.1, 0.15) is 11.3 Å². The summed E-state index contributed by atoms with van der Waals surface area (Å²) < 4.78 is 6.10. The van der Waals surface area contributed by atoms with Crippen LogP contribution in [0.1, 0.15) is 48.3 Å². The van der Waals surface area contributed by atoms with Gasteiger partial charge in [-0.2, -0.15) is 0 Å². The van der Waals surface area contributed by atoms with E-state index in [9.17, 15) is 0 Å². The third kappa shape index (κ3) is 2.17. The van der Waals surface area contributed by atoms with Crippen molar-refractivity contribution in [1.82, 2.24) is 5.32 Å². The van der Waals surface area contributed by atoms with E-state index in [1.807, 2.05) is 7.05 Å². The Morgan fingerprint density at radius 1 is 1.17 bits per heavy atom. The average molecular weight is 245 g/mol. The number of hydrogen-bond acceptors (Lipinski definition) is 2. The van der Waals surface area contributed by atoms with Crippen LogP contribution in [-0.2, 0) is 0 Å². The number of hydrogen-bond donors (Lipinski definition) is 1. The summed E-state index contributed by atoms with van der Waals surface area (Å²) in [4.78, 5) is 0. The van der Waals surface area contributed by atoms with Crippen LogP contribution in [0.4, 0.5) is 0 Å². The normalized spacial score (nSPS) is 13.2. The molecule has 0 aliphatic carbocycles. The molecular weight excluding hydrogens is 222 g/mol. The predicted octanol–water partition coefficient (Wildman–Crippen LogP) is 4.42. The molecule has 0 aliphatic rings. The number of furan rings is 1. The first kappa shape index (κ1) is 13.2. The molecule has 1 unspecified atom stereocenters. The molecule has 0 spiro atoms. The minimum absolute atomic E-state index is 0.321. The Bertz CT molecular complexity index is 554. The van der Waals surface area contributed by atoms with Gasteiger partial charge in [-0.25, -0.2) is 0 Å². The van der Waals surface area contributed by atoms with Crippen LogP contribution in [0, 0.1) is 20.8 Å². The van der Waals surface area contributed by atoms with Crippen molar-refractivity contribution in [3.05, 3.63) is 34.6 Å². The summed E-state index contributed by atoms with van der Waals surface area (Å²) in [6.45, 7) is 8.64. The van der Waals surface area contributed by atoms with Crippen molar-refractivity contribution in [2.24, 2.45) is 0 Å². The van der Waals surface area contributed by atoms with E-state index < -0.39 is 0 Å². The number of fused-ring (bicyclic) bond motifs is 1. The van der Waals surface area contributed by atoms with Crippen molar-refractivity contribution in [1.29, 1.82) is 0 Å². The first-order valence-electron chi connectivity index (χ1n) is 6.76. The molecule has 2 nitrogen and oxygen atoms in total. The van der Waals surface area contributed by atoms with E-state index in [0.29, 0.717) is 6.04 Å². The number of benzene rings is 1. The SMILES string of the molecule is CCCC(NC)c1cc2c(C)cc(C)c(C)c2o1. The first-order chi connectivity index (χ1) is 8.58. The van der Waals surface area contributed by atoms with E-state index in [1.165, 1.54) is 22.1 Å². The third-order valence-corrected chi connectivity index (χ3v) is 3.81. The summed E-state index contributed by atoms with van der Waals surface area (Å²) in [6.07, 6.45) is 2.26. The van der Waals surface area contributed by atoms with Gasteiger partial charge in [-0.15, -0.1) is 0 Å². The van der Waals surface area contributed by atoms with Crippen LogP contribution in [0.3, 0.4) is 0 Å². The van der Waals surface area contributed by atoms with Crippen LogP contribution in [0.25, 0.3) is 11.0 Å². The lowest BCUT2D eigenvalue weighted by Crippen LogP contribution is -2.15. The Kier molecular flexibility index (Phi) is 3.76. The maximum atomic E-state index is 6.10. The summed E-state index contributed by atoms with van der Waals surface area (Å²) >= 11 is 0. The maximum absolute atomic E-state index is 6.10. The fourth-order valence-corrected chi connectivity index (χ4v) is 2.56. The van der Waals surface area contributed by atoms with Crippen molar-refractivity contribution in [2.75, 3.05) is 7.05 Å². The van der Waals surface area contributed by atoms with Crippen LogP contribution in [0.2, 0.25) is 0 Å². The van der Waals surface area contributed by atoms with Gasteiger partial charge in [0.25, 0.3) is 0 Å². The van der Waals surface area contributed by atoms with Gasteiger partial charge < -0.3 is 9.73 Å². The predicted molar refractivity (Wildman–Crippen MR) is 77.1 cm³/mol. The smallest absolute Gasteiger partial charge is 0.137 e. The van der Waals surface area contributed by atoms with Crippen molar-refractivity contribution < 1.29 is 4.42 Å². The first-order valence-corrected chi connectivity index (χ1v) is 6.76. The largest absolute Gasteiger partial charge is 0.459 e. The second-order valence-corrected chi connectivity index (χ2v) is 5.16. The fourth-order valence-electron chi connectivity index (χ4n) is 2.56. The Balaban J connectivity index is 2.56. The van der Waals surface area contributed by atoms with Crippen molar-refractivity contribution in [3.63, 3.8) is 0 Å². The van der Waals surface area contributed by atoms with Crippen LogP contribution in [0.5, 0.6) is 0 Å². The molecule has 0 radical (unpaired) electrons. The zero-order chi connectivity index (χ0) is 13.3. The second-order valence-electron chi connectivity index (χ2n) is 5.16. The maximum Gasteiger partial charge on any atom is 0.137 e. The summed E-state index contributed by atoms with van der Waals surface area (Å²) in [5.41, 5.74) is 4.92. The van der Waals surface area contributed by atoms with Gasteiger partial charge in [0, 0.05) is 5.39 Å². The minimum Gasteiger partial charge on any atom is -0.459 e. The quantitative estimate of drug-likeness (QED) is 0.862. The van der Waals surface area contributed by atoms with Gasteiger partial charge in [0.15, 0.2) is 0 Å². The lowest BCUT2D eigenvalue weighted by atomic mass is 10.0. The molecule has 0 fully saturated rings. The van der Waals surface area contributed by atoms with Crippen LogP contribution < -0.4 is 5.32 Å². The standard InChI is InChI=1S/C16H23NO/c1-6-7-14(17-5)15-9-13-11(3)8-10(2)12(4)16(13)18-15/h8-9,14,17H,6-7H2,1-5H3. The molecule has 18 heavy (non-hydrogen) atoms. The Morgan fingerprint density at radius 2 is 1.89 bits per heavy atom. The van der Waals surface area contributed by atoms with Crippen molar-refractivity contribution >= 4 is 11.0 Å². The molecule has 2 rings (SSSR count). The molecule has 0 saturated heterocycles. The molecule has 2 heteroatoms. The van der Waals surface area contributed by atoms with Gasteiger partial charge in [-0.05, 0) is 57.0 Å². The third-order valence-electron chi connectivity index (χ3n) is 3.81. The molecule has 1 heterocycles. The van der Waals surface area contributed by atoms with E-state index >= 15 is 0 Å². The summed E-state index contributed by atoms with van der Waals surface area (Å²) in [6, 6.07) is 4.76. The van der Waals surface area contributed by atoms with Crippen LogP contribution in [-0.4, -0.2) is 7.05 Å². The van der Waals surface area contributed by atoms with Crippen molar-refractivity contribution in [2.45, 2.75) is 46.6 Å². The Labute approximate surface area is 109 Å². The fraction of sp³-hybridized carbons (Fsp3) is 0.500. The molecule has 2 aromatic rings. The molecule has 1 aromatic carbocycles. The highest BCUT2D eigenvalue weighted by molar-refractivity contribution is 5.85. The highest BCUT2D eigenvalue weighted by Crippen LogP contribution is 2.31. The molecule has 1 atom stereocenters. The second kappa shape index (κ2) is 5.15. The van der Waals surface area contributed by atoms with Crippen LogP contribution >= 0.6 is 0 Å². The highest BCUT2D eigenvalue weighted by Gasteiger charge is 2.16. The van der Waals surface area contributed by atoms with E-state index in [4.69, 9.17) is 4.42 Å². The van der Waals surface area contributed by atoms with Gasteiger partial charge in [0.2, 0.25) is 0 Å². The van der Waals surface area contributed by atoms with E-state index in [1.54, 1.807) is 0 Å². The molecule has 98 valence electrons. The highest BCUT2D eigenvalue weighted by atomic mass is 16.3. The topological polar surface area (TPSA) is 25.2 Å². The summed E-state index contributed by atoms with van der Waals surface area (Å²) in [5, 5.41) is 4.59. The van der Waals surface area contributed by atoms with Gasteiger partial charge in [-0.1, -0.05) is 19.4 Å². The molecule has 0 saturated carbocycles. The van der Waals surface area contributed by atoms with Gasteiger partial charge in [0.05, 0.1) is 6.04 Å². The van der Waals surface area contributed by atoms with Gasteiger partial charge >= 0.3 is 0 Å². The van der Waals surface area contributed by atoms with E-state index in [0.717, 1.165) is 24.2 Å². The summed E-state index contributed by atoms with van der Waals surface area (Å²) in [7, 11) is 2.00. The molecule has 1 N–H and O–H groups in total. The molecule has 0 aliphatic heterocycles. The number of nitrogens with one attached hydrogen (secondary N) is 1. The number of aryl methyl sites for hydroxylation is 3. The zero-order valence-electron chi connectivity index (χ0n) is 12.1. The van der Waals surface area contributed by atoms with Crippen molar-refractivity contribution in [3.8, 4) is 0 Å². The van der Waals surface area contributed by atoms with E-state index in [2.05, 4.69) is 45.1 Å².